The van der Waals surface area contributed by atoms with Crippen LogP contribution < -0.4 is 2.65 Å². The van der Waals surface area contributed by atoms with E-state index in [-0.39, 0.29) is 6.09 Å². The van der Waals surface area contributed by atoms with E-state index >= 15 is 0 Å². The number of rotatable bonds is 1. The fourth-order valence-corrected chi connectivity index (χ4v) is 0.468. The van der Waals surface area contributed by atoms with Gasteiger partial charge in [-0.15, -0.1) is 0 Å². The molecule has 1 N–H and O–H groups in total. The Balaban J connectivity index is 3.00. The molecule has 0 aromatic heterocycles. The van der Waals surface area contributed by atoms with Crippen LogP contribution in [0.25, 0.3) is 0 Å². The second-order valence-corrected chi connectivity index (χ2v) is 1.89. The Bertz CT molecular complexity index is 66.0. The van der Waals surface area contributed by atoms with Crippen LogP contribution in [-0.4, -0.2) is 12.7 Å². The molecule has 39 valence electrons. The number of carbonyl (C=O) groups excluding carboxylic acids is 1. The van der Waals surface area contributed by atoms with Crippen LogP contribution in [0.15, 0.2) is 0 Å². The molecular formula is C3H6NO2U. The molecule has 0 aromatic rings. The predicted octanol–water partition coefficient (Wildman–Crippen LogP) is 0.197. The summed E-state index contributed by atoms with van der Waals surface area (Å²) in [6.45, 7) is 2.24. The fraction of sp³-hybridized carbons (Fsp3) is 0.667. The number of ether oxygens (including phenoxy) is 1. The van der Waals surface area contributed by atoms with Gasteiger partial charge in [0.05, 0.1) is 0 Å². The number of carbonyl (C=O) groups is 1. The first kappa shape index (κ1) is 7.32. The topological polar surface area (TPSA) is 38.3 Å². The molecule has 0 aliphatic rings. The van der Waals surface area contributed by atoms with Gasteiger partial charge in [0.1, 0.15) is 0 Å². The molecular weight excluding hydrogens is 320 g/mol. The molecule has 0 aliphatic heterocycles. The van der Waals surface area contributed by atoms with Gasteiger partial charge in [0.15, 0.2) is 0 Å². The summed E-state index contributed by atoms with van der Waals surface area (Å²) in [6, 6.07) is 0. The quantitative estimate of drug-likeness (QED) is 0.748. The van der Waals surface area contributed by atoms with Gasteiger partial charge in [-0.2, -0.15) is 0 Å². The summed E-state index contributed by atoms with van der Waals surface area (Å²) in [5.41, 5.74) is 0. The summed E-state index contributed by atoms with van der Waals surface area (Å²) in [5.74, 6) is 0. The molecule has 0 saturated heterocycles. The van der Waals surface area contributed by atoms with Crippen molar-refractivity contribution < 1.29 is 39.3 Å². The van der Waals surface area contributed by atoms with Crippen LogP contribution in [0.3, 0.4) is 0 Å². The molecule has 0 rings (SSSR count). The second-order valence-electron chi connectivity index (χ2n) is 0.845. The number of nitrogens with one attached hydrogen (secondary N) is 1. The van der Waals surface area contributed by atoms with Crippen LogP contribution in [0.4, 0.5) is 4.79 Å². The van der Waals surface area contributed by atoms with E-state index in [0.717, 1.165) is 0 Å². The molecule has 0 aromatic carbocycles. The molecule has 0 spiro atoms. The third-order valence-corrected chi connectivity index (χ3v) is 1.23. The Hall–Kier alpha value is 0.322. The Morgan fingerprint density at radius 1 is 2.00 bits per heavy atom. The van der Waals surface area contributed by atoms with Crippen LogP contribution in [0.2, 0.25) is 0 Å². The predicted molar refractivity (Wildman–Crippen MR) is 20.2 cm³/mol. The van der Waals surface area contributed by atoms with Gasteiger partial charge in [-0.05, 0) is 0 Å². The Morgan fingerprint density at radius 3 is 2.71 bits per heavy atom. The maximum absolute atomic E-state index is 10.1. The van der Waals surface area contributed by atoms with Gasteiger partial charge in [-0.25, -0.2) is 0 Å². The molecule has 0 unspecified atom stereocenters. The van der Waals surface area contributed by atoms with Gasteiger partial charge in [-0.1, -0.05) is 0 Å². The van der Waals surface area contributed by atoms with Crippen molar-refractivity contribution in [2.24, 2.45) is 0 Å². The first-order valence-electron chi connectivity index (χ1n) is 1.90. The van der Waals surface area contributed by atoms with E-state index in [0.29, 0.717) is 36.4 Å². The molecule has 1 amide bonds. The summed E-state index contributed by atoms with van der Waals surface area (Å²) in [5, 5.41) is 0. The fourth-order valence-electron chi connectivity index (χ4n) is 0.167. The summed E-state index contributed by atoms with van der Waals surface area (Å²) >= 11 is 0.479. The van der Waals surface area contributed by atoms with E-state index in [1.165, 1.54) is 0 Å². The summed E-state index contributed by atoms with van der Waals surface area (Å²) in [6.07, 6.45) is -0.298. The third kappa shape index (κ3) is 4.17. The molecule has 0 heterocycles. The van der Waals surface area contributed by atoms with Crippen molar-refractivity contribution in [3.05, 3.63) is 0 Å². The van der Waals surface area contributed by atoms with E-state index in [1.54, 1.807) is 6.92 Å². The Labute approximate surface area is 61.5 Å². The van der Waals surface area contributed by atoms with Gasteiger partial charge < -0.3 is 0 Å². The molecule has 7 heavy (non-hydrogen) atoms. The van der Waals surface area contributed by atoms with Crippen molar-refractivity contribution in [3.8, 4) is 0 Å². The SMILES string of the molecule is CCOC(=O)[NH][U]. The molecule has 0 fully saturated rings. The van der Waals surface area contributed by atoms with Gasteiger partial charge in [0.2, 0.25) is 0 Å². The van der Waals surface area contributed by atoms with E-state index in [2.05, 4.69) is 7.39 Å². The molecule has 0 aliphatic carbocycles. The second kappa shape index (κ2) is 4.48. The summed E-state index contributed by atoms with van der Waals surface area (Å²) in [7, 11) is 0. The monoisotopic (exact) mass is 326 g/mol. The average molecular weight is 326 g/mol. The summed E-state index contributed by atoms with van der Waals surface area (Å²) < 4.78 is 6.96. The van der Waals surface area contributed by atoms with Crippen LogP contribution in [0.1, 0.15) is 6.92 Å². The Kier molecular flexibility index (Phi) is 4.69. The van der Waals surface area contributed by atoms with Crippen molar-refractivity contribution in [3.63, 3.8) is 0 Å². The average Bonchev–Trinajstić information content (AvgIpc) is 1.68. The zero-order valence-corrected chi connectivity index (χ0v) is 8.19. The zero-order valence-electron chi connectivity index (χ0n) is 4.02. The first-order chi connectivity index (χ1) is 3.31. The van der Waals surface area contributed by atoms with Crippen LogP contribution >= 0.6 is 0 Å². The van der Waals surface area contributed by atoms with Crippen LogP contribution in [0, 0.1) is 29.7 Å². The van der Waals surface area contributed by atoms with Crippen molar-refractivity contribution in [2.45, 2.75) is 6.92 Å². The maximum atomic E-state index is 10.1. The van der Waals surface area contributed by atoms with E-state index in [1.807, 2.05) is 0 Å². The van der Waals surface area contributed by atoms with Crippen LogP contribution in [0.5, 0.6) is 0 Å². The summed E-state index contributed by atoms with van der Waals surface area (Å²) in [4.78, 5) is 10.1. The Morgan fingerprint density at radius 2 is 2.57 bits per heavy atom. The van der Waals surface area contributed by atoms with Crippen molar-refractivity contribution >= 4 is 6.09 Å². The molecule has 4 heteroatoms. The van der Waals surface area contributed by atoms with Crippen molar-refractivity contribution in [1.29, 1.82) is 0 Å². The molecule has 0 atom stereocenters. The van der Waals surface area contributed by atoms with Gasteiger partial charge in [0.25, 0.3) is 0 Å². The van der Waals surface area contributed by atoms with E-state index in [4.69, 9.17) is 0 Å². The number of amides is 1. The van der Waals surface area contributed by atoms with Gasteiger partial charge in [-0.3, -0.25) is 0 Å². The molecule has 0 bridgehead atoms. The van der Waals surface area contributed by atoms with Gasteiger partial charge >= 0.3 is 61.6 Å². The molecule has 0 radical (unpaired) electrons. The first-order valence-corrected chi connectivity index (χ1v) is 3.99. The standard InChI is InChI=1S/C3H7NO2.U/c1-2-6-3(4)5;/h2H2,1H3,(H2,4,5);/q;+1/p-1. The van der Waals surface area contributed by atoms with Crippen molar-refractivity contribution in [1.82, 2.24) is 2.65 Å². The van der Waals surface area contributed by atoms with E-state index in [9.17, 15) is 4.79 Å². The van der Waals surface area contributed by atoms with Crippen LogP contribution in [-0.2, 0) is 4.74 Å². The number of hydrogen-bond acceptors (Lipinski definition) is 2. The molecule has 0 saturated carbocycles. The normalized spacial score (nSPS) is 7.86. The van der Waals surface area contributed by atoms with E-state index < -0.39 is 0 Å². The molecule has 3 nitrogen and oxygen atoms in total. The van der Waals surface area contributed by atoms with Crippen molar-refractivity contribution in [2.75, 3.05) is 6.61 Å². The zero-order chi connectivity index (χ0) is 5.70. The van der Waals surface area contributed by atoms with Gasteiger partial charge in [0, 0.05) is 0 Å². The number of hydrogen-bond donors (Lipinski definition) is 1. The third-order valence-electron chi connectivity index (χ3n) is 0.377. The minimum absolute atomic E-state index is 0.298. The minimum atomic E-state index is -0.298.